The van der Waals surface area contributed by atoms with Crippen LogP contribution in [0.5, 0.6) is 0 Å². The van der Waals surface area contributed by atoms with E-state index in [1.54, 1.807) is 0 Å². The average molecular weight is 230 g/mol. The molecule has 0 aromatic carbocycles. The Labute approximate surface area is 62.1 Å². The molecule has 0 N–H and O–H groups in total. The van der Waals surface area contributed by atoms with Crippen LogP contribution in [0.3, 0.4) is 0 Å². The van der Waals surface area contributed by atoms with Crippen LogP contribution in [0.1, 0.15) is 26.2 Å². The summed E-state index contributed by atoms with van der Waals surface area (Å²) in [4.78, 5) is 0. The predicted octanol–water partition coefficient (Wildman–Crippen LogP) is 0.724. The fraction of sp³-hybridized carbons (Fsp3) is 1.00. The van der Waals surface area contributed by atoms with Crippen molar-refractivity contribution in [3.8, 4) is 0 Å². The number of rotatable bonds is 3. The Bertz CT molecular complexity index is 35.1. The van der Waals surface area contributed by atoms with Gasteiger partial charge in [-0.1, -0.05) is 0 Å². The van der Waals surface area contributed by atoms with Gasteiger partial charge in [0.15, 0.2) is 0 Å². The summed E-state index contributed by atoms with van der Waals surface area (Å²) in [5.74, 6) is 0. The Kier molecular flexibility index (Phi) is 5.95. The van der Waals surface area contributed by atoms with Crippen molar-refractivity contribution in [3.63, 3.8) is 0 Å². The number of hydrogen-bond acceptors (Lipinski definition) is 0. The predicted molar refractivity (Wildman–Crippen MR) is 37.6 cm³/mol. The molecule has 0 amide bonds. The Morgan fingerprint density at radius 1 is 1.43 bits per heavy atom. The van der Waals surface area contributed by atoms with Gasteiger partial charge >= 0.3 is 61.9 Å². The number of hydrogen-bond donors (Lipinski definition) is 0. The molecule has 7 heavy (non-hydrogen) atoms. The Hall–Kier alpha value is 1.04. The molecule has 2 heteroatoms. The van der Waals surface area contributed by atoms with E-state index in [9.17, 15) is 0 Å². The topological polar surface area (TPSA) is 0 Å². The molecular formula is C5H12Se2. The van der Waals surface area contributed by atoms with Gasteiger partial charge in [0.2, 0.25) is 0 Å². The molecule has 44 valence electrons. The number of unbranched alkanes of at least 4 members (excludes halogenated alkanes) is 1. The standard InChI is InChI=1S/C5H12Se2/c1-2-3-4-5(6)7/h5-7H,2-4H2,1H3. The molecule has 0 atom stereocenters. The first-order valence-electron chi connectivity index (χ1n) is 2.63. The van der Waals surface area contributed by atoms with Crippen molar-refractivity contribution in [1.29, 1.82) is 0 Å². The van der Waals surface area contributed by atoms with Crippen LogP contribution in [0.25, 0.3) is 0 Å². The van der Waals surface area contributed by atoms with E-state index in [1.165, 1.54) is 19.3 Å². The molecule has 0 radical (unpaired) electrons. The van der Waals surface area contributed by atoms with E-state index in [-0.39, 0.29) is 0 Å². The molecule has 0 rings (SSSR count). The summed E-state index contributed by atoms with van der Waals surface area (Å²) in [5.41, 5.74) is 0. The molecular weight excluding hydrogens is 218 g/mol. The molecule has 0 saturated carbocycles. The molecule has 0 nitrogen and oxygen atoms in total. The zero-order chi connectivity index (χ0) is 5.70. The Morgan fingerprint density at radius 2 is 2.00 bits per heavy atom. The third kappa shape index (κ3) is 7.04. The van der Waals surface area contributed by atoms with E-state index in [2.05, 4.69) is 38.9 Å². The van der Waals surface area contributed by atoms with Crippen molar-refractivity contribution in [1.82, 2.24) is 0 Å². The second kappa shape index (κ2) is 5.18. The van der Waals surface area contributed by atoms with Gasteiger partial charge in [-0.15, -0.1) is 0 Å². The van der Waals surface area contributed by atoms with E-state index < -0.39 is 0 Å². The van der Waals surface area contributed by atoms with Gasteiger partial charge in [0.1, 0.15) is 0 Å². The van der Waals surface area contributed by atoms with Gasteiger partial charge in [0.25, 0.3) is 0 Å². The van der Waals surface area contributed by atoms with Gasteiger partial charge in [-0.25, -0.2) is 0 Å². The van der Waals surface area contributed by atoms with Crippen LogP contribution >= 0.6 is 0 Å². The van der Waals surface area contributed by atoms with Crippen LogP contribution in [0.4, 0.5) is 0 Å². The van der Waals surface area contributed by atoms with Crippen LogP contribution in [-0.2, 0) is 0 Å². The normalized spacial score (nSPS) is 10.3. The summed E-state index contributed by atoms with van der Waals surface area (Å²) < 4.78 is 0.778. The Morgan fingerprint density at radius 3 is 2.14 bits per heavy atom. The third-order valence-corrected chi connectivity index (χ3v) is 1.90. The second-order valence-electron chi connectivity index (χ2n) is 1.62. The van der Waals surface area contributed by atoms with E-state index in [1.807, 2.05) is 0 Å². The van der Waals surface area contributed by atoms with Crippen LogP contribution in [0.15, 0.2) is 0 Å². The zero-order valence-electron chi connectivity index (χ0n) is 4.59. The first-order chi connectivity index (χ1) is 3.27. The van der Waals surface area contributed by atoms with Gasteiger partial charge in [-0.3, -0.25) is 0 Å². The fourth-order valence-corrected chi connectivity index (χ4v) is 1.15. The van der Waals surface area contributed by atoms with Crippen LogP contribution < -0.4 is 0 Å². The molecule has 0 heterocycles. The van der Waals surface area contributed by atoms with E-state index >= 15 is 0 Å². The molecule has 0 aliphatic carbocycles. The molecule has 0 fully saturated rings. The summed E-state index contributed by atoms with van der Waals surface area (Å²) in [7, 11) is 0. The third-order valence-electron chi connectivity index (χ3n) is 0.816. The van der Waals surface area contributed by atoms with Crippen LogP contribution in [-0.4, -0.2) is 32.0 Å². The monoisotopic (exact) mass is 232 g/mol. The van der Waals surface area contributed by atoms with Crippen molar-refractivity contribution < 1.29 is 0 Å². The first-order valence-corrected chi connectivity index (χ1v) is 4.80. The van der Waals surface area contributed by atoms with E-state index in [0.29, 0.717) is 0 Å². The summed E-state index contributed by atoms with van der Waals surface area (Å²) in [6.45, 7) is 2.22. The summed E-state index contributed by atoms with van der Waals surface area (Å²) >= 11 is 5.29. The first kappa shape index (κ1) is 8.04. The minimum atomic E-state index is 0.778. The minimum absolute atomic E-state index is 0.778. The van der Waals surface area contributed by atoms with Crippen LogP contribution in [0.2, 0.25) is 3.71 Å². The van der Waals surface area contributed by atoms with Gasteiger partial charge in [-0.2, -0.15) is 0 Å². The molecule has 0 aromatic rings. The van der Waals surface area contributed by atoms with Crippen molar-refractivity contribution in [2.24, 2.45) is 0 Å². The fourth-order valence-electron chi connectivity index (χ4n) is 0.387. The quantitative estimate of drug-likeness (QED) is 0.627. The molecule has 0 aliphatic heterocycles. The zero-order valence-corrected chi connectivity index (χ0v) is 8.35. The van der Waals surface area contributed by atoms with Crippen molar-refractivity contribution in [2.45, 2.75) is 29.9 Å². The van der Waals surface area contributed by atoms with Crippen molar-refractivity contribution in [3.05, 3.63) is 0 Å². The van der Waals surface area contributed by atoms with Gasteiger partial charge in [-0.05, 0) is 0 Å². The molecule has 0 bridgehead atoms. The SMILES string of the molecule is CCCCC([SeH])[SeH]. The van der Waals surface area contributed by atoms with Crippen LogP contribution in [0, 0.1) is 0 Å². The van der Waals surface area contributed by atoms with Gasteiger partial charge < -0.3 is 0 Å². The second-order valence-corrected chi connectivity index (χ2v) is 6.16. The Balaban J connectivity index is 2.68. The molecule has 0 aliphatic rings. The van der Waals surface area contributed by atoms with E-state index in [4.69, 9.17) is 0 Å². The van der Waals surface area contributed by atoms with Crippen molar-refractivity contribution >= 4 is 32.0 Å². The molecule has 0 saturated heterocycles. The maximum absolute atomic E-state index is 2.65. The summed E-state index contributed by atoms with van der Waals surface area (Å²) in [5, 5.41) is 0. The molecule has 0 aromatic heterocycles. The van der Waals surface area contributed by atoms with Gasteiger partial charge in [0.05, 0.1) is 0 Å². The van der Waals surface area contributed by atoms with Gasteiger partial charge in [0, 0.05) is 0 Å². The summed E-state index contributed by atoms with van der Waals surface area (Å²) in [6, 6.07) is 0. The summed E-state index contributed by atoms with van der Waals surface area (Å²) in [6.07, 6.45) is 4.04. The van der Waals surface area contributed by atoms with E-state index in [0.717, 1.165) is 3.71 Å². The molecule has 0 spiro atoms. The molecule has 0 unspecified atom stereocenters. The maximum atomic E-state index is 2.65. The van der Waals surface area contributed by atoms with Crippen molar-refractivity contribution in [2.75, 3.05) is 0 Å². The average Bonchev–Trinajstić information content (AvgIpc) is 1.61.